The van der Waals surface area contributed by atoms with E-state index < -0.39 is 42.1 Å². The third-order valence-electron chi connectivity index (χ3n) is 5.31. The molecule has 152 valence electrons. The maximum atomic E-state index is 12.3. The number of hydrogen-bond donors (Lipinski definition) is 1. The number of ether oxygens (including phenoxy) is 5. The number of terminal acetylenes is 1. The van der Waals surface area contributed by atoms with Crippen LogP contribution >= 0.6 is 0 Å². The smallest absolute Gasteiger partial charge is 0.316 e. The van der Waals surface area contributed by atoms with Gasteiger partial charge in [-0.2, -0.15) is 0 Å². The van der Waals surface area contributed by atoms with E-state index in [-0.39, 0.29) is 6.61 Å². The highest BCUT2D eigenvalue weighted by atomic mass is 16.8. The van der Waals surface area contributed by atoms with E-state index >= 15 is 0 Å². The zero-order valence-corrected chi connectivity index (χ0v) is 16.1. The van der Waals surface area contributed by atoms with Crippen molar-refractivity contribution in [3.8, 4) is 12.3 Å². The van der Waals surface area contributed by atoms with E-state index in [0.717, 1.165) is 5.56 Å². The van der Waals surface area contributed by atoms with Gasteiger partial charge < -0.3 is 28.8 Å². The molecule has 7 heteroatoms. The first-order valence-electron chi connectivity index (χ1n) is 9.28. The van der Waals surface area contributed by atoms with Crippen molar-refractivity contribution in [1.82, 2.24) is 0 Å². The maximum Gasteiger partial charge on any atom is 0.316 e. The number of methoxy groups -OCH3 is 2. The fourth-order valence-electron chi connectivity index (χ4n) is 3.95. The highest BCUT2D eigenvalue weighted by Crippen LogP contribution is 2.57. The van der Waals surface area contributed by atoms with Crippen molar-refractivity contribution in [2.45, 2.75) is 43.7 Å². The number of benzene rings is 1. The lowest BCUT2D eigenvalue weighted by molar-refractivity contribution is -0.366. The summed E-state index contributed by atoms with van der Waals surface area (Å²) in [5.41, 5.74) is 0.914. The molecule has 0 radical (unpaired) electrons. The summed E-state index contributed by atoms with van der Waals surface area (Å²) >= 11 is 0. The van der Waals surface area contributed by atoms with Crippen molar-refractivity contribution in [3.63, 3.8) is 0 Å². The minimum Gasteiger partial charge on any atom is -0.469 e. The molecule has 6 atom stereocenters. The first kappa shape index (κ1) is 20.8. The van der Waals surface area contributed by atoms with Gasteiger partial charge in [0.1, 0.15) is 12.0 Å². The second-order valence-electron chi connectivity index (χ2n) is 6.88. The zero-order valence-electron chi connectivity index (χ0n) is 16.1. The topological polar surface area (TPSA) is 83.5 Å². The predicted molar refractivity (Wildman–Crippen MR) is 98.7 cm³/mol. The fraction of sp³-hybridized carbons (Fsp3) is 0.571. The van der Waals surface area contributed by atoms with Gasteiger partial charge in [0.15, 0.2) is 12.1 Å². The number of esters is 1. The lowest BCUT2D eigenvalue weighted by atomic mass is 9.64. The molecule has 0 amide bonds. The zero-order chi connectivity index (χ0) is 20.1. The lowest BCUT2D eigenvalue weighted by Gasteiger charge is -2.52. The quantitative estimate of drug-likeness (QED) is 0.388. The van der Waals surface area contributed by atoms with Crippen LogP contribution in [-0.4, -0.2) is 56.2 Å². The van der Waals surface area contributed by atoms with Crippen molar-refractivity contribution in [2.24, 2.45) is 11.8 Å². The normalized spacial score (nSPS) is 33.6. The molecule has 1 aromatic carbocycles. The Morgan fingerprint density at radius 3 is 2.71 bits per heavy atom. The van der Waals surface area contributed by atoms with Crippen LogP contribution < -0.4 is 0 Å². The Morgan fingerprint density at radius 1 is 1.32 bits per heavy atom. The molecule has 2 fully saturated rings. The number of aliphatic hydroxyl groups is 1. The van der Waals surface area contributed by atoms with Gasteiger partial charge in [-0.05, 0) is 12.0 Å². The number of aliphatic hydroxyl groups excluding tert-OH is 1. The number of rotatable bonds is 9. The number of carbonyl (C=O) groups excluding carboxylic acids is 1. The SMILES string of the molecule is C#CCCCOC1OC2(OCc3ccccc3)C(C(=O)OC)C(O)C2C1OC. The van der Waals surface area contributed by atoms with Gasteiger partial charge in [0.2, 0.25) is 0 Å². The summed E-state index contributed by atoms with van der Waals surface area (Å²) < 4.78 is 28.4. The summed E-state index contributed by atoms with van der Waals surface area (Å²) in [6.07, 6.45) is 4.12. The van der Waals surface area contributed by atoms with Crippen LogP contribution in [0.5, 0.6) is 0 Å². The molecule has 1 aliphatic carbocycles. The van der Waals surface area contributed by atoms with Gasteiger partial charge >= 0.3 is 5.97 Å². The van der Waals surface area contributed by atoms with Crippen molar-refractivity contribution < 1.29 is 33.6 Å². The van der Waals surface area contributed by atoms with Gasteiger partial charge in [-0.25, -0.2) is 0 Å². The first-order valence-corrected chi connectivity index (χ1v) is 9.28. The maximum absolute atomic E-state index is 12.3. The number of hydrogen-bond acceptors (Lipinski definition) is 7. The summed E-state index contributed by atoms with van der Waals surface area (Å²) in [4.78, 5) is 12.3. The van der Waals surface area contributed by atoms with Crippen LogP contribution in [0, 0.1) is 24.2 Å². The van der Waals surface area contributed by atoms with E-state index in [1.807, 2.05) is 30.3 Å². The largest absolute Gasteiger partial charge is 0.469 e. The van der Waals surface area contributed by atoms with Crippen LogP contribution in [0.1, 0.15) is 18.4 Å². The molecule has 1 aromatic rings. The molecule has 1 saturated heterocycles. The summed E-state index contributed by atoms with van der Waals surface area (Å²) in [6.45, 7) is 0.576. The molecule has 3 rings (SSSR count). The van der Waals surface area contributed by atoms with E-state index in [0.29, 0.717) is 19.4 Å². The van der Waals surface area contributed by atoms with E-state index in [1.165, 1.54) is 14.2 Å². The van der Waals surface area contributed by atoms with Crippen molar-refractivity contribution in [3.05, 3.63) is 35.9 Å². The Kier molecular flexibility index (Phi) is 6.70. The molecule has 1 aliphatic heterocycles. The molecule has 2 aliphatic rings. The molecule has 6 unspecified atom stereocenters. The molecule has 0 bridgehead atoms. The minimum absolute atomic E-state index is 0.206. The van der Waals surface area contributed by atoms with E-state index in [1.54, 1.807) is 0 Å². The Labute approximate surface area is 164 Å². The summed E-state index contributed by atoms with van der Waals surface area (Å²) in [5, 5.41) is 10.6. The van der Waals surface area contributed by atoms with E-state index in [2.05, 4.69) is 5.92 Å². The summed E-state index contributed by atoms with van der Waals surface area (Å²) in [5.74, 6) is -0.984. The lowest BCUT2D eigenvalue weighted by Crippen LogP contribution is -2.70. The Bertz CT molecular complexity index is 700. The first-order chi connectivity index (χ1) is 13.6. The van der Waals surface area contributed by atoms with Gasteiger partial charge in [0, 0.05) is 13.5 Å². The average molecular weight is 390 g/mol. The highest BCUT2D eigenvalue weighted by Gasteiger charge is 2.76. The van der Waals surface area contributed by atoms with Crippen LogP contribution in [0.15, 0.2) is 30.3 Å². The minimum atomic E-state index is -1.38. The standard InChI is InChI=1S/C21H26O7/c1-4-5-9-12-26-20-18(24-2)15-17(22)16(19(23)25-3)21(15,28-20)27-13-14-10-7-6-8-11-14/h1,6-8,10-11,15-18,20,22H,5,9,12-13H2,2-3H3. The molecule has 1 N–H and O–H groups in total. The third kappa shape index (κ3) is 3.66. The van der Waals surface area contributed by atoms with Gasteiger partial charge in [0.25, 0.3) is 0 Å². The Hall–Kier alpha value is -1.95. The molecule has 0 spiro atoms. The summed E-state index contributed by atoms with van der Waals surface area (Å²) in [7, 11) is 2.78. The van der Waals surface area contributed by atoms with Gasteiger partial charge in [-0.3, -0.25) is 4.79 Å². The Balaban J connectivity index is 1.80. The van der Waals surface area contributed by atoms with Crippen LogP contribution in [0.2, 0.25) is 0 Å². The molecular weight excluding hydrogens is 364 g/mol. The van der Waals surface area contributed by atoms with Crippen LogP contribution in [-0.2, 0) is 35.1 Å². The molecule has 28 heavy (non-hydrogen) atoms. The monoisotopic (exact) mass is 390 g/mol. The van der Waals surface area contributed by atoms with Crippen molar-refractivity contribution >= 4 is 5.97 Å². The molecule has 0 aromatic heterocycles. The fourth-order valence-corrected chi connectivity index (χ4v) is 3.95. The van der Waals surface area contributed by atoms with Gasteiger partial charge in [-0.1, -0.05) is 30.3 Å². The van der Waals surface area contributed by atoms with E-state index in [9.17, 15) is 9.90 Å². The second-order valence-corrected chi connectivity index (χ2v) is 6.88. The van der Waals surface area contributed by atoms with Crippen LogP contribution in [0.4, 0.5) is 0 Å². The highest BCUT2D eigenvalue weighted by molar-refractivity contribution is 5.76. The second kappa shape index (κ2) is 9.03. The van der Waals surface area contributed by atoms with Crippen LogP contribution in [0.25, 0.3) is 0 Å². The molecule has 7 nitrogen and oxygen atoms in total. The van der Waals surface area contributed by atoms with E-state index in [4.69, 9.17) is 30.1 Å². The molecule has 1 heterocycles. The third-order valence-corrected chi connectivity index (χ3v) is 5.31. The number of fused-ring (bicyclic) bond motifs is 1. The number of unbranched alkanes of at least 4 members (excludes halogenated alkanes) is 1. The molecular formula is C21H26O7. The molecule has 1 saturated carbocycles. The van der Waals surface area contributed by atoms with Crippen LogP contribution in [0.3, 0.4) is 0 Å². The van der Waals surface area contributed by atoms with Crippen molar-refractivity contribution in [2.75, 3.05) is 20.8 Å². The van der Waals surface area contributed by atoms with Gasteiger partial charge in [0.05, 0.1) is 32.3 Å². The predicted octanol–water partition coefficient (Wildman–Crippen LogP) is 1.48. The van der Waals surface area contributed by atoms with Crippen molar-refractivity contribution in [1.29, 1.82) is 0 Å². The summed E-state index contributed by atoms with van der Waals surface area (Å²) in [6, 6.07) is 9.51. The number of carbonyl (C=O) groups is 1. The van der Waals surface area contributed by atoms with Gasteiger partial charge in [-0.15, -0.1) is 12.3 Å². The average Bonchev–Trinajstić information content (AvgIpc) is 2.99. The Morgan fingerprint density at radius 2 is 2.07 bits per heavy atom.